The van der Waals surface area contributed by atoms with Gasteiger partial charge in [0.15, 0.2) is 6.61 Å². The van der Waals surface area contributed by atoms with Crippen molar-refractivity contribution < 1.29 is 14.3 Å². The Labute approximate surface area is 160 Å². The molecule has 1 aliphatic rings. The van der Waals surface area contributed by atoms with Crippen LogP contribution in [0.25, 0.3) is 0 Å². The minimum absolute atomic E-state index is 0.0125. The van der Waals surface area contributed by atoms with Crippen LogP contribution in [0.2, 0.25) is 15.1 Å². The average Bonchev–Trinajstić information content (AvgIpc) is 3.34. The third-order valence-electron chi connectivity index (χ3n) is 4.28. The number of carbonyl (C=O) groups excluding carboxylic acids is 2. The summed E-state index contributed by atoms with van der Waals surface area (Å²) in [7, 11) is 0. The zero-order valence-electron chi connectivity index (χ0n) is 13.7. The van der Waals surface area contributed by atoms with Gasteiger partial charge < -0.3 is 9.30 Å². The number of esters is 1. The number of Topliss-reactive ketones (excluding diaryl/α,β-unsaturated/α-hetero) is 1. The summed E-state index contributed by atoms with van der Waals surface area (Å²) in [5.74, 6) is -1.04. The molecule has 4 nitrogen and oxygen atoms in total. The summed E-state index contributed by atoms with van der Waals surface area (Å²) in [5.41, 5.74) is 2.48. The summed E-state index contributed by atoms with van der Waals surface area (Å²) in [4.78, 5) is 24.7. The highest BCUT2D eigenvalue weighted by atomic mass is 35.5. The number of halogens is 3. The Kier molecular flexibility index (Phi) is 5.14. The zero-order chi connectivity index (χ0) is 18.3. The number of nitrogens with zero attached hydrogens (tertiary/aromatic N) is 1. The number of benzene rings is 1. The number of hydrogen-bond donors (Lipinski definition) is 0. The fourth-order valence-electron chi connectivity index (χ4n) is 2.95. The predicted octanol–water partition coefficient (Wildman–Crippen LogP) is 5.44. The molecular weight excluding hydrogens is 385 g/mol. The third-order valence-corrected chi connectivity index (χ3v) is 5.40. The van der Waals surface area contributed by atoms with E-state index in [9.17, 15) is 9.59 Å². The van der Waals surface area contributed by atoms with E-state index in [4.69, 9.17) is 39.5 Å². The summed E-state index contributed by atoms with van der Waals surface area (Å²) in [6.07, 6.45) is 2.26. The number of aryl methyl sites for hydroxylation is 1. The molecule has 3 rings (SSSR count). The van der Waals surface area contributed by atoms with Crippen LogP contribution in [-0.4, -0.2) is 22.9 Å². The Hall–Kier alpha value is -1.49. The number of carbonyl (C=O) groups is 2. The molecule has 0 radical (unpaired) electrons. The highest BCUT2D eigenvalue weighted by molar-refractivity contribution is 6.46. The quantitative estimate of drug-likeness (QED) is 0.381. The number of ketones is 1. The third kappa shape index (κ3) is 3.57. The molecule has 0 saturated heterocycles. The van der Waals surface area contributed by atoms with Crippen LogP contribution in [0.3, 0.4) is 0 Å². The van der Waals surface area contributed by atoms with Crippen LogP contribution in [0.1, 0.15) is 51.0 Å². The van der Waals surface area contributed by atoms with Crippen molar-refractivity contribution >= 4 is 46.6 Å². The lowest BCUT2D eigenvalue weighted by Crippen LogP contribution is -2.15. The first kappa shape index (κ1) is 18.3. The Balaban J connectivity index is 1.74. The van der Waals surface area contributed by atoms with Crippen LogP contribution in [0.4, 0.5) is 0 Å². The fourth-order valence-corrected chi connectivity index (χ4v) is 3.63. The van der Waals surface area contributed by atoms with Gasteiger partial charge in [-0.15, -0.1) is 0 Å². The molecule has 1 heterocycles. The topological polar surface area (TPSA) is 48.3 Å². The molecule has 1 aromatic carbocycles. The molecule has 0 unspecified atom stereocenters. The van der Waals surface area contributed by atoms with E-state index in [0.29, 0.717) is 11.6 Å². The van der Waals surface area contributed by atoms with Crippen LogP contribution in [-0.2, 0) is 4.74 Å². The van der Waals surface area contributed by atoms with Gasteiger partial charge in [0.2, 0.25) is 5.78 Å². The van der Waals surface area contributed by atoms with Gasteiger partial charge >= 0.3 is 5.97 Å². The summed E-state index contributed by atoms with van der Waals surface area (Å²) in [6, 6.07) is 5.26. The number of rotatable bonds is 5. The molecule has 0 bridgehead atoms. The number of aromatic nitrogens is 1. The molecule has 1 fully saturated rings. The largest absolute Gasteiger partial charge is 0.454 e. The standard InChI is InChI=1S/C18H16Cl3NO3/c1-9-7-12(10(2)22(9)11-3-4-11)15(23)8-25-18(24)16-13(19)5-6-14(20)17(16)21/h5-7,11H,3-4,8H2,1-2H3. The van der Waals surface area contributed by atoms with E-state index in [1.807, 2.05) is 19.9 Å². The van der Waals surface area contributed by atoms with Gasteiger partial charge in [0.05, 0.1) is 20.6 Å². The second kappa shape index (κ2) is 7.02. The van der Waals surface area contributed by atoms with E-state index in [0.717, 1.165) is 24.2 Å². The van der Waals surface area contributed by atoms with Crippen molar-refractivity contribution in [3.05, 3.63) is 55.8 Å². The molecule has 25 heavy (non-hydrogen) atoms. The minimum Gasteiger partial charge on any atom is -0.454 e. The van der Waals surface area contributed by atoms with Crippen LogP contribution in [0.5, 0.6) is 0 Å². The van der Waals surface area contributed by atoms with Crippen molar-refractivity contribution in [1.82, 2.24) is 4.57 Å². The van der Waals surface area contributed by atoms with Crippen molar-refractivity contribution in [2.24, 2.45) is 0 Å². The molecular formula is C18H16Cl3NO3. The molecule has 1 saturated carbocycles. The van der Waals surface area contributed by atoms with Gasteiger partial charge in [0.25, 0.3) is 0 Å². The van der Waals surface area contributed by atoms with Crippen molar-refractivity contribution in [3.63, 3.8) is 0 Å². The second-order valence-corrected chi connectivity index (χ2v) is 7.30. The fraction of sp³-hybridized carbons (Fsp3) is 0.333. The van der Waals surface area contributed by atoms with Gasteiger partial charge in [0.1, 0.15) is 0 Å². The van der Waals surface area contributed by atoms with Gasteiger partial charge in [-0.2, -0.15) is 0 Å². The van der Waals surface area contributed by atoms with Crippen LogP contribution in [0.15, 0.2) is 18.2 Å². The molecule has 2 aromatic rings. The van der Waals surface area contributed by atoms with E-state index in [1.165, 1.54) is 12.1 Å². The zero-order valence-corrected chi connectivity index (χ0v) is 16.0. The van der Waals surface area contributed by atoms with Crippen molar-refractivity contribution in [3.8, 4) is 0 Å². The van der Waals surface area contributed by atoms with Crippen LogP contribution in [0, 0.1) is 13.8 Å². The Morgan fingerprint density at radius 1 is 1.16 bits per heavy atom. The maximum absolute atomic E-state index is 12.5. The molecule has 1 aromatic heterocycles. The average molecular weight is 401 g/mol. The maximum Gasteiger partial charge on any atom is 0.341 e. The first-order chi connectivity index (χ1) is 11.8. The summed E-state index contributed by atoms with van der Waals surface area (Å²) < 4.78 is 7.28. The lowest BCUT2D eigenvalue weighted by molar-refractivity contribution is 0.0475. The Morgan fingerprint density at radius 3 is 2.44 bits per heavy atom. The van der Waals surface area contributed by atoms with E-state index < -0.39 is 5.97 Å². The molecule has 0 amide bonds. The van der Waals surface area contributed by atoms with E-state index in [-0.39, 0.29) is 33.0 Å². The molecule has 132 valence electrons. The lowest BCUT2D eigenvalue weighted by atomic mass is 10.1. The predicted molar refractivity (Wildman–Crippen MR) is 98.3 cm³/mol. The van der Waals surface area contributed by atoms with E-state index in [1.54, 1.807) is 0 Å². The monoisotopic (exact) mass is 399 g/mol. The van der Waals surface area contributed by atoms with Gasteiger partial charge in [-0.25, -0.2) is 4.79 Å². The second-order valence-electron chi connectivity index (χ2n) is 6.10. The van der Waals surface area contributed by atoms with Crippen molar-refractivity contribution in [1.29, 1.82) is 0 Å². The molecule has 0 atom stereocenters. The van der Waals surface area contributed by atoms with Crippen LogP contribution < -0.4 is 0 Å². The van der Waals surface area contributed by atoms with E-state index in [2.05, 4.69) is 4.57 Å². The van der Waals surface area contributed by atoms with Gasteiger partial charge in [-0.05, 0) is 44.9 Å². The van der Waals surface area contributed by atoms with Crippen molar-refractivity contribution in [2.45, 2.75) is 32.7 Å². The van der Waals surface area contributed by atoms with E-state index >= 15 is 0 Å². The van der Waals surface area contributed by atoms with Gasteiger partial charge in [-0.3, -0.25) is 4.79 Å². The highest BCUT2D eigenvalue weighted by Crippen LogP contribution is 2.38. The van der Waals surface area contributed by atoms with Crippen molar-refractivity contribution in [2.75, 3.05) is 6.61 Å². The molecule has 1 aliphatic carbocycles. The van der Waals surface area contributed by atoms with Crippen LogP contribution >= 0.6 is 34.8 Å². The number of hydrogen-bond acceptors (Lipinski definition) is 3. The first-order valence-electron chi connectivity index (χ1n) is 7.83. The SMILES string of the molecule is Cc1cc(C(=O)COC(=O)c2c(Cl)ccc(Cl)c2Cl)c(C)n1C1CC1. The molecule has 0 spiro atoms. The van der Waals surface area contributed by atoms with Gasteiger partial charge in [0, 0.05) is 23.0 Å². The summed E-state index contributed by atoms with van der Waals surface area (Å²) in [6.45, 7) is 3.50. The summed E-state index contributed by atoms with van der Waals surface area (Å²) in [5, 5.41) is 0.328. The Morgan fingerprint density at radius 2 is 1.80 bits per heavy atom. The smallest absolute Gasteiger partial charge is 0.341 e. The molecule has 0 N–H and O–H groups in total. The van der Waals surface area contributed by atoms with Gasteiger partial charge in [-0.1, -0.05) is 34.8 Å². The summed E-state index contributed by atoms with van der Waals surface area (Å²) >= 11 is 17.9. The normalized spacial score (nSPS) is 13.8. The molecule has 7 heteroatoms. The first-order valence-corrected chi connectivity index (χ1v) is 8.97. The molecule has 0 aliphatic heterocycles. The highest BCUT2D eigenvalue weighted by Gasteiger charge is 2.28. The maximum atomic E-state index is 12.5. The lowest BCUT2D eigenvalue weighted by Gasteiger charge is -2.09. The minimum atomic E-state index is -0.776. The Bertz CT molecular complexity index is 869. The number of ether oxygens (including phenoxy) is 1.